The van der Waals surface area contributed by atoms with Crippen molar-refractivity contribution in [3.05, 3.63) is 70.9 Å². The SMILES string of the molecule is CCCCOc1ccc(-c2cc(=O)c3c(O)c(OCCCC)c(OC4OC(C(=O)Nc5ccccc5O)C(O)C(O)C4O)cc3o2)cc1. The Kier molecular flexibility index (Phi) is 11.1. The molecule has 1 aromatic heterocycles. The van der Waals surface area contributed by atoms with Crippen molar-refractivity contribution in [1.82, 2.24) is 0 Å². The van der Waals surface area contributed by atoms with E-state index in [-0.39, 0.29) is 46.3 Å². The van der Waals surface area contributed by atoms with Crippen LogP contribution in [0.25, 0.3) is 22.3 Å². The Bertz CT molecular complexity index is 1770. The highest BCUT2D eigenvalue weighted by Gasteiger charge is 2.48. The van der Waals surface area contributed by atoms with Gasteiger partial charge in [0.25, 0.3) is 5.91 Å². The maximum atomic E-state index is 13.3. The third-order valence-corrected chi connectivity index (χ3v) is 7.80. The first-order chi connectivity index (χ1) is 23.1. The van der Waals surface area contributed by atoms with Crippen molar-refractivity contribution in [2.45, 2.75) is 70.2 Å². The van der Waals surface area contributed by atoms with Gasteiger partial charge in [-0.2, -0.15) is 0 Å². The molecule has 1 aliphatic rings. The highest BCUT2D eigenvalue weighted by atomic mass is 16.7. The zero-order chi connectivity index (χ0) is 34.4. The van der Waals surface area contributed by atoms with Crippen LogP contribution in [0.5, 0.6) is 28.7 Å². The first-order valence-corrected chi connectivity index (χ1v) is 15.8. The topological polar surface area (TPSA) is 197 Å². The molecule has 5 rings (SSSR count). The Labute approximate surface area is 275 Å². The smallest absolute Gasteiger partial charge is 0.256 e. The van der Waals surface area contributed by atoms with Crippen molar-refractivity contribution in [1.29, 1.82) is 0 Å². The van der Waals surface area contributed by atoms with Crippen LogP contribution in [-0.4, -0.2) is 75.4 Å². The van der Waals surface area contributed by atoms with E-state index in [0.717, 1.165) is 19.3 Å². The first-order valence-electron chi connectivity index (χ1n) is 15.8. The minimum absolute atomic E-state index is 0.0203. The van der Waals surface area contributed by atoms with E-state index in [1.54, 1.807) is 36.4 Å². The van der Waals surface area contributed by atoms with Gasteiger partial charge in [0.1, 0.15) is 46.5 Å². The Morgan fingerprint density at radius 1 is 0.875 bits per heavy atom. The molecule has 13 nitrogen and oxygen atoms in total. The van der Waals surface area contributed by atoms with Crippen molar-refractivity contribution in [3.8, 4) is 40.1 Å². The second kappa shape index (κ2) is 15.4. The molecular formula is C35H39NO12. The van der Waals surface area contributed by atoms with Crippen LogP contribution in [0.1, 0.15) is 39.5 Å². The number of hydrogen-bond donors (Lipinski definition) is 6. The molecule has 0 aliphatic carbocycles. The summed E-state index contributed by atoms with van der Waals surface area (Å²) in [6.07, 6.45) is -5.94. The lowest BCUT2D eigenvalue weighted by Crippen LogP contribution is -2.62. The number of anilines is 1. The van der Waals surface area contributed by atoms with E-state index in [9.17, 15) is 35.1 Å². The normalized spacial score (nSPS) is 20.7. The van der Waals surface area contributed by atoms with Crippen LogP contribution in [0.4, 0.5) is 5.69 Å². The van der Waals surface area contributed by atoms with Crippen molar-refractivity contribution in [2.24, 2.45) is 0 Å². The summed E-state index contributed by atoms with van der Waals surface area (Å²) in [6.45, 7) is 4.70. The van der Waals surface area contributed by atoms with E-state index in [1.165, 1.54) is 24.3 Å². The number of unbranched alkanes of at least 4 members (excludes halogenated alkanes) is 2. The molecule has 3 aromatic carbocycles. The molecule has 2 heterocycles. The third-order valence-electron chi connectivity index (χ3n) is 7.80. The number of phenols is 2. The summed E-state index contributed by atoms with van der Waals surface area (Å²) in [5, 5.41) is 55.6. The Hall–Kier alpha value is -4.82. The monoisotopic (exact) mass is 665 g/mol. The van der Waals surface area contributed by atoms with E-state index in [4.69, 9.17) is 23.4 Å². The van der Waals surface area contributed by atoms with Crippen molar-refractivity contribution in [3.63, 3.8) is 0 Å². The number of hydrogen-bond acceptors (Lipinski definition) is 12. The minimum atomic E-state index is -1.90. The maximum Gasteiger partial charge on any atom is 0.256 e. The van der Waals surface area contributed by atoms with Gasteiger partial charge < -0.3 is 54.2 Å². The van der Waals surface area contributed by atoms with E-state index in [1.807, 2.05) is 6.92 Å². The number of aliphatic hydroxyl groups is 3. The fraction of sp³-hybridized carbons (Fsp3) is 0.371. The molecule has 48 heavy (non-hydrogen) atoms. The van der Waals surface area contributed by atoms with Gasteiger partial charge in [-0.3, -0.25) is 9.59 Å². The average Bonchev–Trinajstić information content (AvgIpc) is 3.07. The molecule has 4 aromatic rings. The van der Waals surface area contributed by atoms with E-state index in [0.29, 0.717) is 24.3 Å². The summed E-state index contributed by atoms with van der Waals surface area (Å²) >= 11 is 0. The minimum Gasteiger partial charge on any atom is -0.506 e. The Balaban J connectivity index is 1.48. The second-order valence-corrected chi connectivity index (χ2v) is 11.3. The lowest BCUT2D eigenvalue weighted by atomic mass is 9.98. The predicted octanol–water partition coefficient (Wildman–Crippen LogP) is 4.05. The van der Waals surface area contributed by atoms with Gasteiger partial charge in [-0.05, 0) is 49.2 Å². The van der Waals surface area contributed by atoms with Crippen LogP contribution in [0.3, 0.4) is 0 Å². The first kappa shape index (κ1) is 34.5. The number of amides is 1. The van der Waals surface area contributed by atoms with Gasteiger partial charge in [-0.25, -0.2) is 0 Å². The van der Waals surface area contributed by atoms with Crippen LogP contribution >= 0.6 is 0 Å². The molecule has 0 bridgehead atoms. The van der Waals surface area contributed by atoms with Gasteiger partial charge in [0, 0.05) is 17.7 Å². The molecule has 1 saturated heterocycles. The number of fused-ring (bicyclic) bond motifs is 1. The molecule has 5 unspecified atom stereocenters. The summed E-state index contributed by atoms with van der Waals surface area (Å²) in [6, 6.07) is 15.3. The van der Waals surface area contributed by atoms with Gasteiger partial charge in [0.15, 0.2) is 23.0 Å². The van der Waals surface area contributed by atoms with Crippen LogP contribution in [0.15, 0.2) is 69.9 Å². The number of phenolic OH excluding ortho intramolecular Hbond substituents is 2. The molecule has 0 saturated carbocycles. The fourth-order valence-corrected chi connectivity index (χ4v) is 5.07. The number of aliphatic hydroxyl groups excluding tert-OH is 3. The van der Waals surface area contributed by atoms with Crippen LogP contribution in [-0.2, 0) is 9.53 Å². The molecule has 5 atom stereocenters. The quantitative estimate of drug-likeness (QED) is 0.0886. The molecule has 1 fully saturated rings. The number of carbonyl (C=O) groups excluding carboxylic acids is 1. The van der Waals surface area contributed by atoms with Gasteiger partial charge in [-0.15, -0.1) is 0 Å². The molecular weight excluding hydrogens is 626 g/mol. The van der Waals surface area contributed by atoms with Crippen molar-refractivity contribution in [2.75, 3.05) is 18.5 Å². The molecule has 0 spiro atoms. The zero-order valence-electron chi connectivity index (χ0n) is 26.5. The van der Waals surface area contributed by atoms with E-state index >= 15 is 0 Å². The average molecular weight is 666 g/mol. The van der Waals surface area contributed by atoms with Gasteiger partial charge in [0.05, 0.1) is 18.9 Å². The van der Waals surface area contributed by atoms with Crippen molar-refractivity contribution < 1.29 is 53.7 Å². The van der Waals surface area contributed by atoms with Gasteiger partial charge in [0.2, 0.25) is 12.0 Å². The number of benzene rings is 3. The fourth-order valence-electron chi connectivity index (χ4n) is 5.07. The second-order valence-electron chi connectivity index (χ2n) is 11.3. The number of para-hydroxylation sites is 2. The molecule has 256 valence electrons. The number of rotatable bonds is 13. The molecule has 6 N–H and O–H groups in total. The summed E-state index contributed by atoms with van der Waals surface area (Å²) in [5.74, 6) is -1.42. The standard InChI is InChI=1S/C35H39NO12/c1-3-5-15-44-20-13-11-19(12-14-20)24-17-23(38)27-25(46-24)18-26(32(28(27)39)45-16-6-4-2)47-35-31(42)29(40)30(41)33(48-35)34(43)36-21-9-7-8-10-22(21)37/h7-14,17-18,29-31,33,35,37,39-42H,3-6,15-16H2,1-2H3,(H,36,43). The number of nitrogens with one attached hydrogen (secondary N) is 1. The molecule has 13 heteroatoms. The van der Waals surface area contributed by atoms with Crippen LogP contribution in [0.2, 0.25) is 0 Å². The van der Waals surface area contributed by atoms with E-state index < -0.39 is 47.8 Å². The largest absolute Gasteiger partial charge is 0.506 e. The third kappa shape index (κ3) is 7.50. The highest BCUT2D eigenvalue weighted by Crippen LogP contribution is 2.44. The predicted molar refractivity (Wildman–Crippen MR) is 174 cm³/mol. The molecule has 1 aliphatic heterocycles. The van der Waals surface area contributed by atoms with Gasteiger partial charge >= 0.3 is 0 Å². The Morgan fingerprint density at radius 2 is 1.56 bits per heavy atom. The molecule has 1 amide bonds. The lowest BCUT2D eigenvalue weighted by Gasteiger charge is -2.39. The number of ether oxygens (including phenoxy) is 4. The summed E-state index contributed by atoms with van der Waals surface area (Å²) in [7, 11) is 0. The summed E-state index contributed by atoms with van der Waals surface area (Å²) < 4.78 is 29.1. The number of carbonyl (C=O) groups is 1. The highest BCUT2D eigenvalue weighted by molar-refractivity contribution is 5.96. The molecule has 0 radical (unpaired) electrons. The van der Waals surface area contributed by atoms with Crippen LogP contribution in [0, 0.1) is 0 Å². The van der Waals surface area contributed by atoms with Crippen molar-refractivity contribution >= 4 is 22.6 Å². The van der Waals surface area contributed by atoms with Gasteiger partial charge in [-0.1, -0.05) is 38.8 Å². The number of aromatic hydroxyl groups is 2. The maximum absolute atomic E-state index is 13.3. The lowest BCUT2D eigenvalue weighted by molar-refractivity contribution is -0.265. The zero-order valence-corrected chi connectivity index (χ0v) is 26.5. The van der Waals surface area contributed by atoms with Crippen LogP contribution < -0.4 is 25.0 Å². The Morgan fingerprint density at radius 3 is 2.25 bits per heavy atom. The summed E-state index contributed by atoms with van der Waals surface area (Å²) in [4.78, 5) is 26.4. The summed E-state index contributed by atoms with van der Waals surface area (Å²) in [5.41, 5.74) is -0.0707. The van der Waals surface area contributed by atoms with E-state index in [2.05, 4.69) is 12.2 Å².